The number of hydrogen-bond donors (Lipinski definition) is 1. The molecule has 0 radical (unpaired) electrons. The fourth-order valence-electron chi connectivity index (χ4n) is 3.16. The Bertz CT molecular complexity index is 1140. The second-order valence-corrected chi connectivity index (χ2v) is 7.95. The van der Waals surface area contributed by atoms with Gasteiger partial charge >= 0.3 is 5.97 Å². The van der Waals surface area contributed by atoms with Crippen LogP contribution in [0.5, 0.6) is 5.75 Å². The molecule has 150 valence electrons. The first-order chi connectivity index (χ1) is 14.6. The highest BCUT2D eigenvalue weighted by atomic mass is 32.1. The quantitative estimate of drug-likeness (QED) is 0.611. The topological polar surface area (TPSA) is 62.1 Å². The monoisotopic (exact) mass is 416 g/mol. The maximum absolute atomic E-state index is 11.0. The van der Waals surface area contributed by atoms with E-state index in [-0.39, 0.29) is 0 Å². The lowest BCUT2D eigenvalue weighted by Gasteiger charge is -2.22. The fraction of sp³-hybridized carbons (Fsp3) is 0.167. The second-order valence-electron chi connectivity index (χ2n) is 6.92. The van der Waals surface area contributed by atoms with Crippen molar-refractivity contribution in [2.45, 2.75) is 19.5 Å². The van der Waals surface area contributed by atoms with Crippen molar-refractivity contribution >= 4 is 28.6 Å². The SMILES string of the molecule is COc1ccc(CC#Cc2cc3c(s2)N=CN(Cc2ccc(C(=O)O)cc2)C3)cc1. The molecular formula is C24H20N2O3S. The molecule has 3 aromatic rings. The Morgan fingerprint density at radius 2 is 1.90 bits per heavy atom. The Hall–Kier alpha value is -3.56. The molecule has 1 N–H and O–H groups in total. The molecule has 0 saturated carbocycles. The summed E-state index contributed by atoms with van der Waals surface area (Å²) in [6.45, 7) is 1.44. The first kappa shape index (κ1) is 19.7. The van der Waals surface area contributed by atoms with Crippen LogP contribution in [0.25, 0.3) is 0 Å². The number of methoxy groups -OCH3 is 1. The predicted molar refractivity (Wildman–Crippen MR) is 119 cm³/mol. The van der Waals surface area contributed by atoms with Crippen LogP contribution in [0.3, 0.4) is 0 Å². The zero-order valence-corrected chi connectivity index (χ0v) is 17.3. The Kier molecular flexibility index (Phi) is 5.82. The molecule has 1 aliphatic heterocycles. The zero-order valence-electron chi connectivity index (χ0n) is 16.5. The van der Waals surface area contributed by atoms with Gasteiger partial charge < -0.3 is 14.7 Å². The molecule has 0 saturated heterocycles. The van der Waals surface area contributed by atoms with Crippen LogP contribution in [-0.4, -0.2) is 29.4 Å². The first-order valence-corrected chi connectivity index (χ1v) is 10.3. The fourth-order valence-corrected chi connectivity index (χ4v) is 4.04. The van der Waals surface area contributed by atoms with Crippen molar-refractivity contribution < 1.29 is 14.6 Å². The molecule has 5 nitrogen and oxygen atoms in total. The van der Waals surface area contributed by atoms with Crippen molar-refractivity contribution in [3.63, 3.8) is 0 Å². The summed E-state index contributed by atoms with van der Waals surface area (Å²) < 4.78 is 5.17. The summed E-state index contributed by atoms with van der Waals surface area (Å²) in [6.07, 6.45) is 2.53. The smallest absolute Gasteiger partial charge is 0.335 e. The van der Waals surface area contributed by atoms with Gasteiger partial charge in [0.15, 0.2) is 0 Å². The van der Waals surface area contributed by atoms with E-state index < -0.39 is 5.97 Å². The highest BCUT2D eigenvalue weighted by molar-refractivity contribution is 7.16. The lowest BCUT2D eigenvalue weighted by molar-refractivity contribution is 0.0697. The van der Waals surface area contributed by atoms with Gasteiger partial charge in [0.05, 0.1) is 23.9 Å². The van der Waals surface area contributed by atoms with Gasteiger partial charge in [0.2, 0.25) is 0 Å². The minimum absolute atomic E-state index is 0.295. The summed E-state index contributed by atoms with van der Waals surface area (Å²) in [5.74, 6) is 6.42. The van der Waals surface area contributed by atoms with E-state index in [2.05, 4.69) is 27.8 Å². The summed E-state index contributed by atoms with van der Waals surface area (Å²) in [6, 6.07) is 17.0. The van der Waals surface area contributed by atoms with E-state index in [4.69, 9.17) is 9.84 Å². The number of hydrogen-bond acceptors (Lipinski definition) is 5. The number of nitrogens with zero attached hydrogens (tertiary/aromatic N) is 2. The molecule has 1 aliphatic rings. The van der Waals surface area contributed by atoms with E-state index in [0.29, 0.717) is 18.5 Å². The van der Waals surface area contributed by atoms with Crippen LogP contribution >= 0.6 is 11.3 Å². The highest BCUT2D eigenvalue weighted by Gasteiger charge is 2.15. The van der Waals surface area contributed by atoms with Gasteiger partial charge in [-0.25, -0.2) is 9.79 Å². The number of thiophene rings is 1. The Morgan fingerprint density at radius 1 is 1.17 bits per heavy atom. The molecule has 0 amide bonds. The molecule has 6 heteroatoms. The van der Waals surface area contributed by atoms with Crippen molar-refractivity contribution in [2.75, 3.05) is 7.11 Å². The van der Waals surface area contributed by atoms with Gasteiger partial charge in [-0.15, -0.1) is 11.3 Å². The predicted octanol–water partition coefficient (Wildman–Crippen LogP) is 4.72. The molecule has 2 heterocycles. The van der Waals surface area contributed by atoms with Gasteiger partial charge in [-0.3, -0.25) is 0 Å². The largest absolute Gasteiger partial charge is 0.497 e. The van der Waals surface area contributed by atoms with Crippen LogP contribution in [0.2, 0.25) is 0 Å². The zero-order chi connectivity index (χ0) is 20.9. The van der Waals surface area contributed by atoms with E-state index >= 15 is 0 Å². The lowest BCUT2D eigenvalue weighted by Crippen LogP contribution is -2.22. The van der Waals surface area contributed by atoms with E-state index in [1.54, 1.807) is 30.6 Å². The van der Waals surface area contributed by atoms with Gasteiger partial charge in [-0.1, -0.05) is 36.1 Å². The third kappa shape index (κ3) is 4.70. The number of carboxylic acids is 1. The van der Waals surface area contributed by atoms with Crippen molar-refractivity contribution in [1.29, 1.82) is 0 Å². The van der Waals surface area contributed by atoms with Crippen LogP contribution < -0.4 is 4.74 Å². The molecule has 2 aromatic carbocycles. The normalized spacial score (nSPS) is 12.1. The molecule has 4 rings (SSSR count). The molecule has 30 heavy (non-hydrogen) atoms. The minimum Gasteiger partial charge on any atom is -0.497 e. The van der Waals surface area contributed by atoms with E-state index in [1.807, 2.05) is 42.7 Å². The molecule has 0 atom stereocenters. The lowest BCUT2D eigenvalue weighted by atomic mass is 10.1. The molecule has 0 aliphatic carbocycles. The Morgan fingerprint density at radius 3 is 2.60 bits per heavy atom. The van der Waals surface area contributed by atoms with Crippen molar-refractivity contribution in [3.05, 3.63) is 81.7 Å². The van der Waals surface area contributed by atoms with Gasteiger partial charge in [-0.2, -0.15) is 0 Å². The number of fused-ring (bicyclic) bond motifs is 1. The Labute approximate surface area is 179 Å². The number of carbonyl (C=O) groups is 1. The van der Waals surface area contributed by atoms with Crippen molar-refractivity contribution in [1.82, 2.24) is 4.90 Å². The summed E-state index contributed by atoms with van der Waals surface area (Å²) in [7, 11) is 1.66. The maximum Gasteiger partial charge on any atom is 0.335 e. The van der Waals surface area contributed by atoms with E-state index in [9.17, 15) is 4.79 Å². The van der Waals surface area contributed by atoms with Crippen molar-refractivity contribution in [2.24, 2.45) is 4.99 Å². The minimum atomic E-state index is -0.912. The van der Waals surface area contributed by atoms with E-state index in [1.165, 1.54) is 5.56 Å². The molecule has 0 unspecified atom stereocenters. The number of aromatic carboxylic acids is 1. The summed E-state index contributed by atoms with van der Waals surface area (Å²) >= 11 is 1.61. The van der Waals surface area contributed by atoms with Gasteiger partial charge in [-0.05, 0) is 41.5 Å². The van der Waals surface area contributed by atoms with Crippen LogP contribution in [0.15, 0.2) is 59.6 Å². The molecular weight excluding hydrogens is 396 g/mol. The van der Waals surface area contributed by atoms with Gasteiger partial charge in [0.1, 0.15) is 10.8 Å². The third-order valence-corrected chi connectivity index (χ3v) is 5.75. The van der Waals surface area contributed by atoms with Crippen LogP contribution in [0.4, 0.5) is 5.00 Å². The standard InChI is InChI=1S/C24H20N2O3S/c1-29-21-11-7-17(8-12-21)3-2-4-22-13-20-15-26(16-25-23(20)30-22)14-18-5-9-19(10-6-18)24(27)28/h5-13,16H,3,14-15H2,1H3,(H,27,28). The highest BCUT2D eigenvalue weighted by Crippen LogP contribution is 2.33. The number of benzene rings is 2. The van der Waals surface area contributed by atoms with Crippen molar-refractivity contribution in [3.8, 4) is 17.6 Å². The number of aliphatic imine (C=N–C) groups is 1. The van der Waals surface area contributed by atoms with Crippen LogP contribution in [0.1, 0.15) is 31.9 Å². The van der Waals surface area contributed by atoms with Gasteiger partial charge in [0.25, 0.3) is 0 Å². The molecule has 0 spiro atoms. The average Bonchev–Trinajstić information content (AvgIpc) is 3.16. The number of ether oxygens (including phenoxy) is 1. The van der Waals surface area contributed by atoms with E-state index in [0.717, 1.165) is 33.3 Å². The summed E-state index contributed by atoms with van der Waals surface area (Å²) in [4.78, 5) is 18.7. The maximum atomic E-state index is 11.0. The second kappa shape index (κ2) is 8.85. The summed E-state index contributed by atoms with van der Waals surface area (Å²) in [5, 5.41) is 10.0. The Balaban J connectivity index is 1.37. The third-order valence-electron chi connectivity index (χ3n) is 4.75. The average molecular weight is 417 g/mol. The molecule has 0 bridgehead atoms. The van der Waals surface area contributed by atoms with Gasteiger partial charge in [0, 0.05) is 25.1 Å². The first-order valence-electron chi connectivity index (χ1n) is 9.46. The molecule has 0 fully saturated rings. The number of carboxylic acid groups (broad SMARTS) is 1. The van der Waals surface area contributed by atoms with Crippen LogP contribution in [-0.2, 0) is 19.5 Å². The summed E-state index contributed by atoms with van der Waals surface area (Å²) in [5.41, 5.74) is 3.66. The molecule has 1 aromatic heterocycles. The van der Waals surface area contributed by atoms with Crippen LogP contribution in [0, 0.1) is 11.8 Å². The number of rotatable bonds is 5.